The van der Waals surface area contributed by atoms with Crippen molar-refractivity contribution in [3.8, 4) is 0 Å². The minimum absolute atomic E-state index is 0.415. The number of carboxylic acids is 1. The van der Waals surface area contributed by atoms with Crippen molar-refractivity contribution in [3.63, 3.8) is 0 Å². The standard InChI is InChI=1S/C11H10O2S3/c12-11(13)10-5-9(7-16-10)15-4-2-8-1-3-14-6-8/h1,3,5-7H,2,4H2,(H,12,13). The number of aromatic carboxylic acids is 1. The molecule has 0 aliphatic heterocycles. The van der Waals surface area contributed by atoms with Gasteiger partial charge in [0, 0.05) is 16.0 Å². The van der Waals surface area contributed by atoms with Gasteiger partial charge in [-0.1, -0.05) is 0 Å². The summed E-state index contributed by atoms with van der Waals surface area (Å²) in [6.07, 6.45) is 1.03. The maximum Gasteiger partial charge on any atom is 0.345 e. The first-order valence-corrected chi connectivity index (χ1v) is 7.52. The number of hydrogen-bond donors (Lipinski definition) is 1. The van der Waals surface area contributed by atoms with Gasteiger partial charge in [0.25, 0.3) is 0 Å². The summed E-state index contributed by atoms with van der Waals surface area (Å²) in [4.78, 5) is 12.1. The van der Waals surface area contributed by atoms with Crippen LogP contribution in [0.25, 0.3) is 0 Å². The quantitative estimate of drug-likeness (QED) is 0.839. The zero-order chi connectivity index (χ0) is 11.4. The van der Waals surface area contributed by atoms with Crippen molar-refractivity contribution in [3.05, 3.63) is 38.7 Å². The van der Waals surface area contributed by atoms with Crippen molar-refractivity contribution in [2.75, 3.05) is 5.75 Å². The second-order valence-electron chi connectivity index (χ2n) is 3.18. The molecule has 0 amide bonds. The number of rotatable bonds is 5. The lowest BCUT2D eigenvalue weighted by Crippen LogP contribution is -1.90. The van der Waals surface area contributed by atoms with Gasteiger partial charge in [-0.3, -0.25) is 0 Å². The van der Waals surface area contributed by atoms with Crippen molar-refractivity contribution in [1.82, 2.24) is 0 Å². The normalized spacial score (nSPS) is 10.5. The molecule has 84 valence electrons. The van der Waals surface area contributed by atoms with Gasteiger partial charge in [-0.25, -0.2) is 4.79 Å². The van der Waals surface area contributed by atoms with Crippen LogP contribution in [0.4, 0.5) is 0 Å². The predicted octanol–water partition coefficient (Wildman–Crippen LogP) is 3.84. The van der Waals surface area contributed by atoms with E-state index in [-0.39, 0.29) is 0 Å². The SMILES string of the molecule is O=C(O)c1cc(SCCc2ccsc2)cs1. The first-order chi connectivity index (χ1) is 7.75. The number of thioether (sulfide) groups is 1. The van der Waals surface area contributed by atoms with Crippen molar-refractivity contribution < 1.29 is 9.90 Å². The molecule has 0 aliphatic rings. The highest BCUT2D eigenvalue weighted by Gasteiger charge is 2.06. The highest BCUT2D eigenvalue weighted by molar-refractivity contribution is 7.99. The number of hydrogen-bond acceptors (Lipinski definition) is 4. The third-order valence-electron chi connectivity index (χ3n) is 2.03. The van der Waals surface area contributed by atoms with Crippen molar-refractivity contribution in [2.45, 2.75) is 11.3 Å². The van der Waals surface area contributed by atoms with Gasteiger partial charge in [0.05, 0.1) is 0 Å². The molecule has 2 aromatic rings. The molecule has 5 heteroatoms. The van der Waals surface area contributed by atoms with Gasteiger partial charge in [-0.15, -0.1) is 23.1 Å². The Balaban J connectivity index is 1.83. The number of thiophene rings is 2. The van der Waals surface area contributed by atoms with Crippen LogP contribution in [-0.2, 0) is 6.42 Å². The van der Waals surface area contributed by atoms with Gasteiger partial charge >= 0.3 is 5.97 Å². The van der Waals surface area contributed by atoms with E-state index in [4.69, 9.17) is 5.11 Å². The Morgan fingerprint density at radius 2 is 2.31 bits per heavy atom. The van der Waals surface area contributed by atoms with Crippen LogP contribution in [0.3, 0.4) is 0 Å². The van der Waals surface area contributed by atoms with Gasteiger partial charge in [0.1, 0.15) is 4.88 Å². The fourth-order valence-electron chi connectivity index (χ4n) is 1.23. The number of aryl methyl sites for hydroxylation is 1. The lowest BCUT2D eigenvalue weighted by Gasteiger charge is -1.96. The molecular weight excluding hydrogens is 260 g/mol. The Bertz CT molecular complexity index is 459. The fraction of sp³-hybridized carbons (Fsp3) is 0.182. The molecule has 0 aromatic carbocycles. The molecule has 0 atom stereocenters. The molecule has 0 spiro atoms. The van der Waals surface area contributed by atoms with Gasteiger partial charge in [-0.2, -0.15) is 11.3 Å². The van der Waals surface area contributed by atoms with Crippen molar-refractivity contribution in [1.29, 1.82) is 0 Å². The molecule has 0 radical (unpaired) electrons. The topological polar surface area (TPSA) is 37.3 Å². The number of carboxylic acid groups (broad SMARTS) is 1. The van der Waals surface area contributed by atoms with E-state index in [1.807, 2.05) is 5.38 Å². The van der Waals surface area contributed by atoms with Crippen LogP contribution < -0.4 is 0 Å². The van der Waals surface area contributed by atoms with Crippen LogP contribution >= 0.6 is 34.4 Å². The summed E-state index contributed by atoms with van der Waals surface area (Å²) in [5.41, 5.74) is 1.35. The van der Waals surface area contributed by atoms with Gasteiger partial charge < -0.3 is 5.11 Å². The summed E-state index contributed by atoms with van der Waals surface area (Å²) < 4.78 is 0. The lowest BCUT2D eigenvalue weighted by molar-refractivity contribution is 0.0702. The molecular formula is C11H10O2S3. The largest absolute Gasteiger partial charge is 0.477 e. The molecule has 0 bridgehead atoms. The van der Waals surface area contributed by atoms with Crippen LogP contribution in [0.15, 0.2) is 33.2 Å². The second-order valence-corrected chi connectivity index (χ2v) is 6.04. The lowest BCUT2D eigenvalue weighted by atomic mass is 10.3. The Hall–Kier alpha value is -0.780. The van der Waals surface area contributed by atoms with E-state index >= 15 is 0 Å². The second kappa shape index (κ2) is 5.52. The van der Waals surface area contributed by atoms with Gasteiger partial charge in [0.15, 0.2) is 0 Å². The van der Waals surface area contributed by atoms with Crippen molar-refractivity contribution >= 4 is 40.4 Å². The van der Waals surface area contributed by atoms with E-state index in [1.165, 1.54) is 16.9 Å². The Morgan fingerprint density at radius 1 is 1.44 bits per heavy atom. The maximum atomic E-state index is 10.7. The molecule has 1 N–H and O–H groups in total. The molecule has 0 fully saturated rings. The average Bonchev–Trinajstić information content (AvgIpc) is 2.87. The van der Waals surface area contributed by atoms with Crippen molar-refractivity contribution in [2.24, 2.45) is 0 Å². The number of carbonyl (C=O) groups is 1. The molecule has 2 heterocycles. The molecule has 0 saturated carbocycles. The fourth-order valence-corrected chi connectivity index (χ4v) is 3.80. The summed E-state index contributed by atoms with van der Waals surface area (Å²) in [6, 6.07) is 3.87. The summed E-state index contributed by atoms with van der Waals surface area (Å²) in [7, 11) is 0. The summed E-state index contributed by atoms with van der Waals surface area (Å²) in [6.45, 7) is 0. The molecule has 0 saturated heterocycles. The van der Waals surface area contributed by atoms with Crippen LogP contribution in [0.5, 0.6) is 0 Å². The first kappa shape index (κ1) is 11.7. The predicted molar refractivity (Wildman–Crippen MR) is 70.0 cm³/mol. The molecule has 0 unspecified atom stereocenters. The van der Waals surface area contributed by atoms with Crippen LogP contribution in [-0.4, -0.2) is 16.8 Å². The Labute approximate surface area is 106 Å². The first-order valence-electron chi connectivity index (χ1n) is 4.71. The monoisotopic (exact) mass is 270 g/mol. The van der Waals surface area contributed by atoms with Gasteiger partial charge in [-0.05, 0) is 34.9 Å². The summed E-state index contributed by atoms with van der Waals surface area (Å²) in [5, 5.41) is 14.9. The Morgan fingerprint density at radius 3 is 2.94 bits per heavy atom. The zero-order valence-corrected chi connectivity index (χ0v) is 10.8. The third-order valence-corrected chi connectivity index (χ3v) is 4.80. The average molecular weight is 270 g/mol. The molecule has 2 nitrogen and oxygen atoms in total. The third kappa shape index (κ3) is 3.10. The van der Waals surface area contributed by atoms with Crippen LogP contribution in [0, 0.1) is 0 Å². The minimum atomic E-state index is -0.838. The summed E-state index contributed by atoms with van der Waals surface area (Å²) in [5.74, 6) is 0.154. The smallest absolute Gasteiger partial charge is 0.345 e. The van der Waals surface area contributed by atoms with E-state index in [0.717, 1.165) is 17.1 Å². The van der Waals surface area contributed by atoms with E-state index in [2.05, 4.69) is 16.8 Å². The zero-order valence-electron chi connectivity index (χ0n) is 8.38. The maximum absolute atomic E-state index is 10.7. The molecule has 16 heavy (non-hydrogen) atoms. The minimum Gasteiger partial charge on any atom is -0.477 e. The molecule has 0 aliphatic carbocycles. The van der Waals surface area contributed by atoms with E-state index in [0.29, 0.717) is 4.88 Å². The highest BCUT2D eigenvalue weighted by atomic mass is 32.2. The van der Waals surface area contributed by atoms with E-state index < -0.39 is 5.97 Å². The van der Waals surface area contributed by atoms with E-state index in [1.54, 1.807) is 29.2 Å². The highest BCUT2D eigenvalue weighted by Crippen LogP contribution is 2.25. The van der Waals surface area contributed by atoms with Crippen LogP contribution in [0.1, 0.15) is 15.2 Å². The van der Waals surface area contributed by atoms with E-state index in [9.17, 15) is 4.79 Å². The molecule has 2 rings (SSSR count). The van der Waals surface area contributed by atoms with Gasteiger partial charge in [0.2, 0.25) is 0 Å². The summed E-state index contributed by atoms with van der Waals surface area (Å²) >= 11 is 4.70. The molecule has 2 aromatic heterocycles. The van der Waals surface area contributed by atoms with Crippen LogP contribution in [0.2, 0.25) is 0 Å². The Kier molecular flexibility index (Phi) is 4.04.